The van der Waals surface area contributed by atoms with E-state index in [1.807, 2.05) is 18.2 Å². The van der Waals surface area contributed by atoms with E-state index in [9.17, 15) is 0 Å². The number of aryl methyl sites for hydroxylation is 1. The molecule has 5 nitrogen and oxygen atoms in total. The van der Waals surface area contributed by atoms with E-state index in [0.29, 0.717) is 18.5 Å². The number of benzene rings is 1. The summed E-state index contributed by atoms with van der Waals surface area (Å²) in [7, 11) is 0. The van der Waals surface area contributed by atoms with E-state index in [4.69, 9.17) is 9.40 Å². The van der Waals surface area contributed by atoms with Gasteiger partial charge in [-0.1, -0.05) is 13.0 Å². The fraction of sp³-hybridized carbons (Fsp3) is 0.333. The van der Waals surface area contributed by atoms with Crippen LogP contribution in [0.1, 0.15) is 19.2 Å². The molecule has 2 aromatic heterocycles. The van der Waals surface area contributed by atoms with Crippen LogP contribution in [0.25, 0.3) is 22.4 Å². The van der Waals surface area contributed by atoms with Gasteiger partial charge in [-0.05, 0) is 30.5 Å². The Balaban J connectivity index is 1.67. The van der Waals surface area contributed by atoms with Gasteiger partial charge in [-0.3, -0.25) is 0 Å². The monoisotopic (exact) mass is 308 g/mol. The largest absolute Gasteiger partial charge is 0.424 e. The van der Waals surface area contributed by atoms with Crippen LogP contribution in [-0.2, 0) is 13.0 Å². The van der Waals surface area contributed by atoms with Gasteiger partial charge in [0.25, 0.3) is 6.01 Å². The first kappa shape index (κ1) is 14.1. The maximum absolute atomic E-state index is 5.66. The molecule has 1 unspecified atom stereocenters. The molecule has 118 valence electrons. The van der Waals surface area contributed by atoms with Crippen LogP contribution in [0.2, 0.25) is 0 Å². The number of nitrogens with one attached hydrogen (secondary N) is 1. The van der Waals surface area contributed by atoms with Crippen molar-refractivity contribution in [2.75, 3.05) is 11.9 Å². The Hall–Kier alpha value is -2.56. The highest BCUT2D eigenvalue weighted by molar-refractivity contribution is 5.80. The third-order valence-electron chi connectivity index (χ3n) is 4.33. The van der Waals surface area contributed by atoms with Gasteiger partial charge in [0.1, 0.15) is 11.3 Å². The van der Waals surface area contributed by atoms with Crippen LogP contribution >= 0.6 is 0 Å². The second kappa shape index (κ2) is 5.57. The van der Waals surface area contributed by atoms with Gasteiger partial charge in [0.2, 0.25) is 0 Å². The number of fused-ring (bicyclic) bond motifs is 2. The zero-order valence-electron chi connectivity index (χ0n) is 13.2. The minimum absolute atomic E-state index is 0.523. The number of rotatable bonds is 4. The third-order valence-corrected chi connectivity index (χ3v) is 4.33. The van der Waals surface area contributed by atoms with E-state index < -0.39 is 0 Å². The molecule has 1 atom stereocenters. The van der Waals surface area contributed by atoms with Crippen LogP contribution in [-0.4, -0.2) is 21.1 Å². The van der Waals surface area contributed by atoms with Gasteiger partial charge in [0.15, 0.2) is 5.58 Å². The van der Waals surface area contributed by atoms with E-state index in [0.717, 1.165) is 35.3 Å². The lowest BCUT2D eigenvalue weighted by atomic mass is 10.0. The van der Waals surface area contributed by atoms with E-state index in [2.05, 4.69) is 34.6 Å². The molecule has 1 aliphatic heterocycles. The van der Waals surface area contributed by atoms with Gasteiger partial charge >= 0.3 is 0 Å². The van der Waals surface area contributed by atoms with Crippen LogP contribution in [0.5, 0.6) is 0 Å². The Kier molecular flexibility index (Phi) is 3.41. The van der Waals surface area contributed by atoms with Crippen molar-refractivity contribution in [3.63, 3.8) is 0 Å². The standard InChI is InChI=1S/C18H20N4O/c1-3-7-19-18-21-14-10-13(4-5-16(14)23-18)15-11-22-8-6-12(2)9-17(22)20-15/h3-5,10-12H,1,6-9H2,2H3,(H,19,21). The molecule has 5 heteroatoms. The Morgan fingerprint density at radius 1 is 1.43 bits per heavy atom. The van der Waals surface area contributed by atoms with E-state index in [1.54, 1.807) is 6.08 Å². The molecule has 0 radical (unpaired) electrons. The third kappa shape index (κ3) is 2.63. The normalized spacial score (nSPS) is 17.2. The summed E-state index contributed by atoms with van der Waals surface area (Å²) in [5.74, 6) is 1.90. The molecule has 0 amide bonds. The fourth-order valence-corrected chi connectivity index (χ4v) is 3.04. The van der Waals surface area contributed by atoms with Crippen LogP contribution < -0.4 is 5.32 Å². The molecule has 1 N–H and O–H groups in total. The molecule has 3 aromatic rings. The van der Waals surface area contributed by atoms with Gasteiger partial charge in [0, 0.05) is 31.3 Å². The van der Waals surface area contributed by atoms with Gasteiger partial charge in [-0.25, -0.2) is 4.98 Å². The molecule has 23 heavy (non-hydrogen) atoms. The molecule has 1 aromatic carbocycles. The summed E-state index contributed by atoms with van der Waals surface area (Å²) in [5.41, 5.74) is 3.71. The number of hydrogen-bond acceptors (Lipinski definition) is 4. The first-order valence-electron chi connectivity index (χ1n) is 8.04. The van der Waals surface area contributed by atoms with Crippen molar-refractivity contribution in [2.24, 2.45) is 5.92 Å². The minimum Gasteiger partial charge on any atom is -0.424 e. The van der Waals surface area contributed by atoms with E-state index >= 15 is 0 Å². The first-order chi connectivity index (χ1) is 11.2. The number of oxazole rings is 1. The summed E-state index contributed by atoms with van der Waals surface area (Å²) in [4.78, 5) is 9.28. The zero-order valence-corrected chi connectivity index (χ0v) is 13.2. The highest BCUT2D eigenvalue weighted by atomic mass is 16.4. The molecular formula is C18H20N4O. The molecule has 0 saturated heterocycles. The predicted octanol–water partition coefficient (Wildman–Crippen LogP) is 3.87. The lowest BCUT2D eigenvalue weighted by Gasteiger charge is -2.18. The SMILES string of the molecule is C=CCNc1nc2cc(-c3cn4c(n3)CC(C)CC4)ccc2o1. The number of anilines is 1. The molecule has 1 aliphatic rings. The Labute approximate surface area is 135 Å². The molecular weight excluding hydrogens is 288 g/mol. The van der Waals surface area contributed by atoms with Gasteiger partial charge in [-0.2, -0.15) is 4.98 Å². The maximum Gasteiger partial charge on any atom is 0.295 e. The summed E-state index contributed by atoms with van der Waals surface area (Å²) in [6.07, 6.45) is 6.21. The summed E-state index contributed by atoms with van der Waals surface area (Å²) in [6.45, 7) is 7.66. The average Bonchev–Trinajstić information content (AvgIpc) is 3.14. The lowest BCUT2D eigenvalue weighted by molar-refractivity contribution is 0.409. The average molecular weight is 308 g/mol. The Bertz CT molecular complexity index is 861. The van der Waals surface area contributed by atoms with Crippen LogP contribution in [0.15, 0.2) is 41.5 Å². The Morgan fingerprint density at radius 3 is 3.22 bits per heavy atom. The predicted molar refractivity (Wildman–Crippen MR) is 91.4 cm³/mol. The van der Waals surface area contributed by atoms with Crippen molar-refractivity contribution in [1.29, 1.82) is 0 Å². The summed E-state index contributed by atoms with van der Waals surface area (Å²) >= 11 is 0. The van der Waals surface area contributed by atoms with Crippen LogP contribution in [0, 0.1) is 5.92 Å². The van der Waals surface area contributed by atoms with Crippen molar-refractivity contribution >= 4 is 17.1 Å². The number of hydrogen-bond donors (Lipinski definition) is 1. The van der Waals surface area contributed by atoms with Gasteiger partial charge in [-0.15, -0.1) is 6.58 Å². The second-order valence-corrected chi connectivity index (χ2v) is 6.20. The fourth-order valence-electron chi connectivity index (χ4n) is 3.04. The number of nitrogens with zero attached hydrogens (tertiary/aromatic N) is 3. The molecule has 4 rings (SSSR count). The topological polar surface area (TPSA) is 55.9 Å². The summed E-state index contributed by atoms with van der Waals surface area (Å²) < 4.78 is 7.94. The smallest absolute Gasteiger partial charge is 0.295 e. The summed E-state index contributed by atoms with van der Waals surface area (Å²) in [6, 6.07) is 6.56. The van der Waals surface area contributed by atoms with Gasteiger partial charge in [0.05, 0.1) is 5.69 Å². The van der Waals surface area contributed by atoms with Crippen molar-refractivity contribution in [1.82, 2.24) is 14.5 Å². The van der Waals surface area contributed by atoms with Crippen molar-refractivity contribution < 1.29 is 4.42 Å². The van der Waals surface area contributed by atoms with Crippen molar-refractivity contribution in [3.05, 3.63) is 42.9 Å². The molecule has 3 heterocycles. The van der Waals surface area contributed by atoms with Crippen LogP contribution in [0.3, 0.4) is 0 Å². The van der Waals surface area contributed by atoms with Gasteiger partial charge < -0.3 is 14.3 Å². The number of aromatic nitrogens is 3. The molecule has 0 aliphatic carbocycles. The lowest BCUT2D eigenvalue weighted by Crippen LogP contribution is -2.16. The van der Waals surface area contributed by atoms with E-state index in [-0.39, 0.29) is 0 Å². The zero-order chi connectivity index (χ0) is 15.8. The quantitative estimate of drug-likeness (QED) is 0.743. The molecule has 0 fully saturated rings. The van der Waals surface area contributed by atoms with Crippen molar-refractivity contribution in [2.45, 2.75) is 26.3 Å². The highest BCUT2D eigenvalue weighted by Gasteiger charge is 2.18. The van der Waals surface area contributed by atoms with E-state index in [1.165, 1.54) is 12.2 Å². The number of imidazole rings is 1. The van der Waals surface area contributed by atoms with Crippen molar-refractivity contribution in [3.8, 4) is 11.3 Å². The highest BCUT2D eigenvalue weighted by Crippen LogP contribution is 2.28. The minimum atomic E-state index is 0.523. The summed E-state index contributed by atoms with van der Waals surface area (Å²) in [5, 5.41) is 3.07. The molecule has 0 bridgehead atoms. The molecule has 0 spiro atoms. The second-order valence-electron chi connectivity index (χ2n) is 6.20. The maximum atomic E-state index is 5.66. The van der Waals surface area contributed by atoms with Crippen LogP contribution in [0.4, 0.5) is 6.01 Å². The molecule has 0 saturated carbocycles. The first-order valence-corrected chi connectivity index (χ1v) is 8.04. The Morgan fingerprint density at radius 2 is 2.35 bits per heavy atom.